The standard InChI is InChI=1S/C13H27NO2Si/c1-3-17(4-2)16-12-10-8-6-5-7-9-11-14-13-15/h17H,3-12H2,1-2H3. The summed E-state index contributed by atoms with van der Waals surface area (Å²) in [6.45, 7) is 6.09. The number of isocyanates is 1. The fourth-order valence-corrected chi connectivity index (χ4v) is 3.37. The molecule has 4 heteroatoms. The van der Waals surface area contributed by atoms with Gasteiger partial charge in [0.05, 0.1) is 6.54 Å². The molecule has 0 aromatic heterocycles. The molecule has 0 aromatic carbocycles. The van der Waals surface area contributed by atoms with Crippen molar-refractivity contribution in [2.24, 2.45) is 4.99 Å². The van der Waals surface area contributed by atoms with Crippen LogP contribution in [0.4, 0.5) is 0 Å². The Hall–Kier alpha value is -0.443. The Bertz CT molecular complexity index is 202. The number of hydrogen-bond acceptors (Lipinski definition) is 3. The molecule has 0 radical (unpaired) electrons. The summed E-state index contributed by atoms with van der Waals surface area (Å²) in [7, 11) is -0.819. The van der Waals surface area contributed by atoms with Crippen LogP contribution in [0, 0.1) is 0 Å². The summed E-state index contributed by atoms with van der Waals surface area (Å²) < 4.78 is 5.88. The molecule has 0 heterocycles. The van der Waals surface area contributed by atoms with E-state index < -0.39 is 9.04 Å². The van der Waals surface area contributed by atoms with E-state index in [4.69, 9.17) is 4.43 Å². The maximum atomic E-state index is 9.81. The zero-order valence-corrected chi connectivity index (χ0v) is 12.6. The molecule has 0 bridgehead atoms. The van der Waals surface area contributed by atoms with Gasteiger partial charge < -0.3 is 4.43 Å². The summed E-state index contributed by atoms with van der Waals surface area (Å²) in [5.41, 5.74) is 0. The molecule has 0 N–H and O–H groups in total. The lowest BCUT2D eigenvalue weighted by Crippen LogP contribution is -2.15. The van der Waals surface area contributed by atoms with Gasteiger partial charge in [-0.25, -0.2) is 9.79 Å². The molecule has 0 aliphatic rings. The fourth-order valence-electron chi connectivity index (χ4n) is 1.82. The van der Waals surface area contributed by atoms with Crippen LogP contribution in [0.5, 0.6) is 0 Å². The minimum atomic E-state index is -0.819. The zero-order chi connectivity index (χ0) is 12.8. The highest BCUT2D eigenvalue weighted by atomic mass is 28.3. The molecule has 0 aliphatic carbocycles. The van der Waals surface area contributed by atoms with E-state index in [0.29, 0.717) is 6.54 Å². The van der Waals surface area contributed by atoms with E-state index in [0.717, 1.165) is 13.0 Å². The molecule has 0 spiro atoms. The molecule has 17 heavy (non-hydrogen) atoms. The first-order chi connectivity index (χ1) is 8.35. The highest BCUT2D eigenvalue weighted by Crippen LogP contribution is 2.07. The highest BCUT2D eigenvalue weighted by molar-refractivity contribution is 6.51. The smallest absolute Gasteiger partial charge is 0.234 e. The van der Waals surface area contributed by atoms with Gasteiger partial charge in [0.15, 0.2) is 9.04 Å². The Labute approximate surface area is 107 Å². The Morgan fingerprint density at radius 1 is 1.00 bits per heavy atom. The lowest BCUT2D eigenvalue weighted by molar-refractivity contribution is 0.305. The van der Waals surface area contributed by atoms with Gasteiger partial charge in [0.1, 0.15) is 0 Å². The van der Waals surface area contributed by atoms with Gasteiger partial charge in [0, 0.05) is 6.61 Å². The van der Waals surface area contributed by atoms with Crippen LogP contribution in [0.25, 0.3) is 0 Å². The number of nitrogens with zero attached hydrogens (tertiary/aromatic N) is 1. The molecule has 0 atom stereocenters. The van der Waals surface area contributed by atoms with Crippen LogP contribution in [0.2, 0.25) is 12.1 Å². The number of hydrogen-bond donors (Lipinski definition) is 0. The third kappa shape index (κ3) is 11.8. The van der Waals surface area contributed by atoms with E-state index in [2.05, 4.69) is 18.8 Å². The van der Waals surface area contributed by atoms with Crippen LogP contribution in [0.1, 0.15) is 52.4 Å². The topological polar surface area (TPSA) is 38.7 Å². The predicted octanol–water partition coefficient (Wildman–Crippen LogP) is 3.44. The summed E-state index contributed by atoms with van der Waals surface area (Å²) in [5, 5.41) is 0. The lowest BCUT2D eigenvalue weighted by atomic mass is 10.1. The molecule has 3 nitrogen and oxygen atoms in total. The van der Waals surface area contributed by atoms with Crippen molar-refractivity contribution in [3.63, 3.8) is 0 Å². The summed E-state index contributed by atoms with van der Waals surface area (Å²) in [5.74, 6) is 0. The number of carbonyl (C=O) groups excluding carboxylic acids is 1. The average molecular weight is 257 g/mol. The first-order valence-corrected chi connectivity index (χ1v) is 9.10. The van der Waals surface area contributed by atoms with Gasteiger partial charge in [0.25, 0.3) is 0 Å². The summed E-state index contributed by atoms with van der Waals surface area (Å²) in [6, 6.07) is 2.52. The van der Waals surface area contributed by atoms with Gasteiger partial charge in [0.2, 0.25) is 6.08 Å². The SMILES string of the molecule is CC[SiH](CC)OCCCCCCCCN=C=O. The van der Waals surface area contributed by atoms with E-state index in [-0.39, 0.29) is 0 Å². The van der Waals surface area contributed by atoms with Crippen LogP contribution in [0.3, 0.4) is 0 Å². The normalized spacial score (nSPS) is 10.5. The van der Waals surface area contributed by atoms with Crippen molar-refractivity contribution in [3.05, 3.63) is 0 Å². The average Bonchev–Trinajstić information content (AvgIpc) is 2.36. The van der Waals surface area contributed by atoms with Crippen molar-refractivity contribution in [2.45, 2.75) is 64.5 Å². The third-order valence-corrected chi connectivity index (χ3v) is 5.52. The molecule has 0 saturated carbocycles. The van der Waals surface area contributed by atoms with Gasteiger partial charge >= 0.3 is 0 Å². The van der Waals surface area contributed by atoms with Crippen LogP contribution in [-0.2, 0) is 9.22 Å². The van der Waals surface area contributed by atoms with E-state index in [1.54, 1.807) is 6.08 Å². The van der Waals surface area contributed by atoms with Crippen LogP contribution in [-0.4, -0.2) is 28.3 Å². The van der Waals surface area contributed by atoms with E-state index in [1.807, 2.05) is 0 Å². The molecule has 100 valence electrons. The number of rotatable bonds is 12. The van der Waals surface area contributed by atoms with Crippen molar-refractivity contribution in [1.82, 2.24) is 0 Å². The molecule has 0 aliphatic heterocycles. The minimum absolute atomic E-state index is 0.646. The van der Waals surface area contributed by atoms with Crippen LogP contribution >= 0.6 is 0 Å². The quantitative estimate of drug-likeness (QED) is 0.232. The van der Waals surface area contributed by atoms with Crippen LogP contribution in [0.15, 0.2) is 4.99 Å². The summed E-state index contributed by atoms with van der Waals surface area (Å²) in [4.78, 5) is 13.4. The largest absolute Gasteiger partial charge is 0.420 e. The molecular weight excluding hydrogens is 230 g/mol. The molecule has 0 amide bonds. The maximum Gasteiger partial charge on any atom is 0.234 e. The number of unbranched alkanes of at least 4 members (excludes halogenated alkanes) is 5. The minimum Gasteiger partial charge on any atom is -0.420 e. The van der Waals surface area contributed by atoms with E-state index in [9.17, 15) is 4.79 Å². The Morgan fingerprint density at radius 3 is 2.18 bits per heavy atom. The number of aliphatic imine (C=N–C) groups is 1. The second kappa shape index (κ2) is 13.6. The van der Waals surface area contributed by atoms with Gasteiger partial charge in [-0.05, 0) is 24.9 Å². The third-order valence-electron chi connectivity index (χ3n) is 2.99. The van der Waals surface area contributed by atoms with Crippen molar-refractivity contribution in [3.8, 4) is 0 Å². The van der Waals surface area contributed by atoms with Gasteiger partial charge in [-0.3, -0.25) is 0 Å². The Morgan fingerprint density at radius 2 is 1.59 bits per heavy atom. The van der Waals surface area contributed by atoms with Gasteiger partial charge in [-0.2, -0.15) is 0 Å². The van der Waals surface area contributed by atoms with Crippen LogP contribution < -0.4 is 0 Å². The Kier molecular flexibility index (Phi) is 13.3. The summed E-state index contributed by atoms with van der Waals surface area (Å²) >= 11 is 0. The molecule has 0 aromatic rings. The second-order valence-corrected chi connectivity index (χ2v) is 7.61. The molecule has 0 rings (SSSR count). The van der Waals surface area contributed by atoms with Crippen molar-refractivity contribution >= 4 is 15.1 Å². The monoisotopic (exact) mass is 257 g/mol. The van der Waals surface area contributed by atoms with Crippen molar-refractivity contribution in [2.75, 3.05) is 13.2 Å². The molecule has 0 saturated heterocycles. The first-order valence-electron chi connectivity index (χ1n) is 7.00. The second-order valence-electron chi connectivity index (χ2n) is 4.40. The van der Waals surface area contributed by atoms with E-state index in [1.165, 1.54) is 44.2 Å². The maximum absolute atomic E-state index is 9.81. The fraction of sp³-hybridized carbons (Fsp3) is 0.923. The Balaban J connectivity index is 3.10. The predicted molar refractivity (Wildman–Crippen MR) is 74.8 cm³/mol. The van der Waals surface area contributed by atoms with E-state index >= 15 is 0 Å². The molecule has 0 unspecified atom stereocenters. The molecular formula is C13H27NO2Si. The van der Waals surface area contributed by atoms with Gasteiger partial charge in [-0.15, -0.1) is 0 Å². The summed E-state index contributed by atoms with van der Waals surface area (Å²) in [6.07, 6.45) is 8.76. The van der Waals surface area contributed by atoms with Crippen molar-refractivity contribution in [1.29, 1.82) is 0 Å². The molecule has 0 fully saturated rings. The van der Waals surface area contributed by atoms with Crippen molar-refractivity contribution < 1.29 is 9.22 Å². The highest BCUT2D eigenvalue weighted by Gasteiger charge is 2.04. The lowest BCUT2D eigenvalue weighted by Gasteiger charge is -2.11. The zero-order valence-electron chi connectivity index (χ0n) is 11.4. The first kappa shape index (κ1) is 16.6. The van der Waals surface area contributed by atoms with Gasteiger partial charge in [-0.1, -0.05) is 39.5 Å².